The van der Waals surface area contributed by atoms with Gasteiger partial charge in [0, 0.05) is 12.6 Å². The summed E-state index contributed by atoms with van der Waals surface area (Å²) in [5, 5.41) is 8.89. The molecular formula is C17H21N3O4. The lowest BCUT2D eigenvalue weighted by molar-refractivity contribution is -0.147. The van der Waals surface area contributed by atoms with Crippen LogP contribution in [0.5, 0.6) is 0 Å². The number of carbonyl (C=O) groups is 2. The van der Waals surface area contributed by atoms with Crippen LogP contribution in [0.3, 0.4) is 0 Å². The monoisotopic (exact) mass is 331 g/mol. The molecule has 0 spiro atoms. The lowest BCUT2D eigenvalue weighted by atomic mass is 9.99. The first-order valence-corrected chi connectivity index (χ1v) is 7.77. The van der Waals surface area contributed by atoms with Gasteiger partial charge in [-0.2, -0.15) is 0 Å². The van der Waals surface area contributed by atoms with Crippen LogP contribution < -0.4 is 10.6 Å². The summed E-state index contributed by atoms with van der Waals surface area (Å²) in [4.78, 5) is 24.0. The molecule has 0 aliphatic carbocycles. The fraction of sp³-hybridized carbons (Fsp3) is 0.353. The van der Waals surface area contributed by atoms with Crippen LogP contribution in [-0.2, 0) is 16.0 Å². The van der Waals surface area contributed by atoms with E-state index < -0.39 is 11.9 Å². The summed E-state index contributed by atoms with van der Waals surface area (Å²) in [5.41, 5.74) is 1.00. The third kappa shape index (κ3) is 5.42. The smallest absolute Gasteiger partial charge is 0.320 e. The van der Waals surface area contributed by atoms with Crippen molar-refractivity contribution in [2.24, 2.45) is 5.92 Å². The van der Waals surface area contributed by atoms with Gasteiger partial charge in [0.25, 0.3) is 0 Å². The van der Waals surface area contributed by atoms with E-state index in [4.69, 9.17) is 9.26 Å². The second-order valence-electron chi connectivity index (χ2n) is 5.30. The molecule has 2 amide bonds. The molecule has 0 fully saturated rings. The molecule has 0 saturated carbocycles. The molecule has 0 aliphatic rings. The zero-order valence-corrected chi connectivity index (χ0v) is 13.7. The standard InChI is InChI=1S/C17H21N3O4/c1-3-23-16(21)14(10-13-7-5-4-6-8-13)11-18-17(22)19-15-9-12(2)24-20-15/h4-9,14H,3,10-11H2,1-2H3,(H2,18,19,20,22)/t14-/m1/s1. The van der Waals surface area contributed by atoms with Crippen molar-refractivity contribution in [3.8, 4) is 0 Å². The summed E-state index contributed by atoms with van der Waals surface area (Å²) < 4.78 is 9.97. The average Bonchev–Trinajstić information content (AvgIpc) is 2.97. The maximum absolute atomic E-state index is 12.1. The topological polar surface area (TPSA) is 93.5 Å². The van der Waals surface area contributed by atoms with Crippen molar-refractivity contribution in [3.63, 3.8) is 0 Å². The maximum Gasteiger partial charge on any atom is 0.320 e. The third-order valence-electron chi connectivity index (χ3n) is 3.32. The SMILES string of the molecule is CCOC(=O)[C@@H](CNC(=O)Nc1cc(C)on1)Cc1ccccc1. The molecule has 24 heavy (non-hydrogen) atoms. The Morgan fingerprint density at radius 3 is 2.67 bits per heavy atom. The zero-order valence-electron chi connectivity index (χ0n) is 13.7. The van der Waals surface area contributed by atoms with Crippen LogP contribution in [0, 0.1) is 12.8 Å². The first-order valence-electron chi connectivity index (χ1n) is 7.77. The number of carbonyl (C=O) groups excluding carboxylic acids is 2. The fourth-order valence-electron chi connectivity index (χ4n) is 2.20. The molecular weight excluding hydrogens is 310 g/mol. The number of aryl methyl sites for hydroxylation is 1. The van der Waals surface area contributed by atoms with Crippen LogP contribution in [0.4, 0.5) is 10.6 Å². The van der Waals surface area contributed by atoms with Gasteiger partial charge in [0.1, 0.15) is 5.76 Å². The molecule has 0 bridgehead atoms. The number of aromatic nitrogens is 1. The molecule has 0 aliphatic heterocycles. The van der Waals surface area contributed by atoms with Crippen molar-refractivity contribution in [3.05, 3.63) is 47.7 Å². The Morgan fingerprint density at radius 2 is 2.04 bits per heavy atom. The quantitative estimate of drug-likeness (QED) is 0.760. The summed E-state index contributed by atoms with van der Waals surface area (Å²) in [6.45, 7) is 3.95. The number of benzene rings is 1. The summed E-state index contributed by atoms with van der Waals surface area (Å²) >= 11 is 0. The number of esters is 1. The Balaban J connectivity index is 1.92. The molecule has 1 heterocycles. The van der Waals surface area contributed by atoms with Crippen molar-refractivity contribution >= 4 is 17.8 Å². The van der Waals surface area contributed by atoms with Crippen LogP contribution in [-0.4, -0.2) is 30.3 Å². The van der Waals surface area contributed by atoms with E-state index in [9.17, 15) is 9.59 Å². The van der Waals surface area contributed by atoms with E-state index in [1.807, 2.05) is 30.3 Å². The average molecular weight is 331 g/mol. The van der Waals surface area contributed by atoms with Crippen molar-refractivity contribution in [1.82, 2.24) is 10.5 Å². The summed E-state index contributed by atoms with van der Waals surface area (Å²) in [5.74, 6) is 0.121. The molecule has 2 N–H and O–H groups in total. The highest BCUT2D eigenvalue weighted by Gasteiger charge is 2.21. The number of rotatable bonds is 7. The molecule has 1 atom stereocenters. The first-order chi connectivity index (χ1) is 11.6. The van der Waals surface area contributed by atoms with E-state index in [0.29, 0.717) is 24.6 Å². The molecule has 2 rings (SSSR count). The number of anilines is 1. The number of hydrogen-bond acceptors (Lipinski definition) is 5. The fourth-order valence-corrected chi connectivity index (χ4v) is 2.20. The van der Waals surface area contributed by atoms with Gasteiger partial charge in [-0.15, -0.1) is 0 Å². The van der Waals surface area contributed by atoms with Gasteiger partial charge in [0.15, 0.2) is 5.82 Å². The predicted octanol–water partition coefficient (Wildman–Crippen LogP) is 2.53. The van der Waals surface area contributed by atoms with E-state index in [1.165, 1.54) is 0 Å². The lowest BCUT2D eigenvalue weighted by Crippen LogP contribution is -2.37. The Labute approximate surface area is 140 Å². The van der Waals surface area contributed by atoms with Crippen LogP contribution in [0.1, 0.15) is 18.2 Å². The zero-order chi connectivity index (χ0) is 17.4. The lowest BCUT2D eigenvalue weighted by Gasteiger charge is -2.16. The number of urea groups is 1. The molecule has 0 unspecified atom stereocenters. The highest BCUT2D eigenvalue weighted by atomic mass is 16.5. The Bertz CT molecular complexity index is 669. The number of ether oxygens (including phenoxy) is 1. The largest absolute Gasteiger partial charge is 0.466 e. The number of amides is 2. The molecule has 128 valence electrons. The summed E-state index contributed by atoms with van der Waals surface area (Å²) in [6, 6.07) is 10.7. The van der Waals surface area contributed by atoms with Crippen molar-refractivity contribution in [2.45, 2.75) is 20.3 Å². The number of nitrogens with one attached hydrogen (secondary N) is 2. The minimum Gasteiger partial charge on any atom is -0.466 e. The van der Waals surface area contributed by atoms with Gasteiger partial charge in [-0.25, -0.2) is 4.79 Å². The summed E-state index contributed by atoms with van der Waals surface area (Å²) in [6.07, 6.45) is 0.489. The Kier molecular flexibility index (Phi) is 6.36. The van der Waals surface area contributed by atoms with Gasteiger partial charge < -0.3 is 14.6 Å². The normalized spacial score (nSPS) is 11.6. The van der Waals surface area contributed by atoms with Crippen LogP contribution in [0.2, 0.25) is 0 Å². The molecule has 1 aromatic heterocycles. The van der Waals surface area contributed by atoms with Gasteiger partial charge >= 0.3 is 12.0 Å². The Hall–Kier alpha value is -2.83. The van der Waals surface area contributed by atoms with Crippen LogP contribution >= 0.6 is 0 Å². The molecule has 0 radical (unpaired) electrons. The van der Waals surface area contributed by atoms with Crippen molar-refractivity contribution < 1.29 is 18.8 Å². The molecule has 1 aromatic carbocycles. The minimum atomic E-state index is -0.461. The van der Waals surface area contributed by atoms with E-state index in [1.54, 1.807) is 19.9 Å². The predicted molar refractivity (Wildman–Crippen MR) is 88.5 cm³/mol. The van der Waals surface area contributed by atoms with Crippen molar-refractivity contribution in [2.75, 3.05) is 18.5 Å². The van der Waals surface area contributed by atoms with E-state index in [0.717, 1.165) is 5.56 Å². The molecule has 7 nitrogen and oxygen atoms in total. The van der Waals surface area contributed by atoms with Crippen LogP contribution in [0.15, 0.2) is 40.9 Å². The van der Waals surface area contributed by atoms with Crippen LogP contribution in [0.25, 0.3) is 0 Å². The van der Waals surface area contributed by atoms with Gasteiger partial charge in [0.05, 0.1) is 12.5 Å². The number of nitrogens with zero attached hydrogens (tertiary/aromatic N) is 1. The van der Waals surface area contributed by atoms with E-state index >= 15 is 0 Å². The summed E-state index contributed by atoms with van der Waals surface area (Å²) in [7, 11) is 0. The molecule has 2 aromatic rings. The van der Waals surface area contributed by atoms with E-state index in [-0.39, 0.29) is 12.5 Å². The van der Waals surface area contributed by atoms with Gasteiger partial charge in [-0.3, -0.25) is 10.1 Å². The minimum absolute atomic E-state index is 0.163. The number of hydrogen-bond donors (Lipinski definition) is 2. The molecule has 0 saturated heterocycles. The van der Waals surface area contributed by atoms with Gasteiger partial charge in [-0.1, -0.05) is 35.5 Å². The maximum atomic E-state index is 12.1. The van der Waals surface area contributed by atoms with E-state index in [2.05, 4.69) is 15.8 Å². The highest BCUT2D eigenvalue weighted by Crippen LogP contribution is 2.11. The molecule has 7 heteroatoms. The first kappa shape index (κ1) is 17.5. The van der Waals surface area contributed by atoms with Gasteiger partial charge in [0.2, 0.25) is 0 Å². The second kappa shape index (κ2) is 8.71. The third-order valence-corrected chi connectivity index (χ3v) is 3.32. The van der Waals surface area contributed by atoms with Gasteiger partial charge in [-0.05, 0) is 25.8 Å². The highest BCUT2D eigenvalue weighted by molar-refractivity contribution is 5.88. The van der Waals surface area contributed by atoms with Crippen molar-refractivity contribution in [1.29, 1.82) is 0 Å². The Morgan fingerprint density at radius 1 is 1.29 bits per heavy atom. The second-order valence-corrected chi connectivity index (χ2v) is 5.30.